The lowest BCUT2D eigenvalue weighted by Crippen LogP contribution is -2.44. The summed E-state index contributed by atoms with van der Waals surface area (Å²) >= 11 is 0. The normalized spacial score (nSPS) is 19.7. The summed E-state index contributed by atoms with van der Waals surface area (Å²) in [5.74, 6) is -9.72. The summed E-state index contributed by atoms with van der Waals surface area (Å²) in [7, 11) is 0. The first-order chi connectivity index (χ1) is 43.4. The van der Waals surface area contributed by atoms with Crippen LogP contribution in [0, 0.1) is 23.3 Å². The maximum absolute atomic E-state index is 14.6. The number of halogens is 16. The van der Waals surface area contributed by atoms with Crippen molar-refractivity contribution >= 4 is 67.2 Å². The van der Waals surface area contributed by atoms with Gasteiger partial charge in [-0.15, -0.1) is 0 Å². The fourth-order valence-corrected chi connectivity index (χ4v) is 14.9. The molecule has 0 spiro atoms. The van der Waals surface area contributed by atoms with Crippen molar-refractivity contribution in [2.45, 2.75) is 152 Å². The smallest absolute Gasteiger partial charge is 0.345 e. The first-order valence-electron chi connectivity index (χ1n) is 30.1. The molecule has 0 radical (unpaired) electrons. The van der Waals surface area contributed by atoms with E-state index in [1.54, 1.807) is 45.8 Å². The highest BCUT2D eigenvalue weighted by molar-refractivity contribution is 5.98. The standard InChI is InChI=1S/C32H28F8N4O2.C32H30F8N4O2/c33-17-5-7-21-23(15-19-3-1-9-41(19)29(45)31(35,36)37)27-28-24(16-20-4-2-10-42(20)30(46)32(38,39)40)22-8-6-18(34)14-26(22)44(28)12-11-43(27)25(21)13-17;33-21-5-7-25-19(13-23-3-1-9-43(23)29(45)31(35,36)37)17-41(27(25)15-21)11-12-42-18-20(26-8-6-22(34)16-28(26)42)14-24-4-2-10-44(24)30(46)32(38,39)40/h5-8,13-14,19-20H,1-4,9-12,15-16H2;5-8,15-18,23-24H,1-4,9-14H2/t19-,20-;23-,24-/m00/s1. The topological polar surface area (TPSA) is 101 Å². The number of nitrogens with zero attached hydrogens (tertiary/aromatic N) is 8. The van der Waals surface area contributed by atoms with Crippen LogP contribution in [0.2, 0.25) is 0 Å². The Morgan fingerprint density at radius 3 is 0.924 bits per heavy atom. The largest absolute Gasteiger partial charge is 0.471 e. The number of hydrogen-bond acceptors (Lipinski definition) is 4. The van der Waals surface area contributed by atoms with Crippen LogP contribution in [-0.2, 0) is 71.0 Å². The van der Waals surface area contributed by atoms with E-state index in [2.05, 4.69) is 0 Å². The van der Waals surface area contributed by atoms with Crippen LogP contribution in [0.25, 0.3) is 55.0 Å². The molecule has 5 aliphatic rings. The second-order valence-corrected chi connectivity index (χ2v) is 24.3. The molecule has 4 saturated heterocycles. The van der Waals surface area contributed by atoms with Crippen molar-refractivity contribution < 1.29 is 89.4 Å². The monoisotopic (exact) mass is 1310 g/mol. The molecule has 0 aliphatic carbocycles. The van der Waals surface area contributed by atoms with Crippen LogP contribution in [-0.4, -0.2) is 137 Å². The summed E-state index contributed by atoms with van der Waals surface area (Å²) in [4.78, 5) is 52.1. The van der Waals surface area contributed by atoms with Crippen molar-refractivity contribution in [1.82, 2.24) is 37.9 Å². The number of aromatic nitrogens is 4. The molecule has 12 nitrogen and oxygen atoms in total. The third kappa shape index (κ3) is 12.1. The molecule has 5 aliphatic heterocycles. The maximum Gasteiger partial charge on any atom is 0.471 e. The van der Waals surface area contributed by atoms with Gasteiger partial charge in [0, 0.05) is 110 Å². The minimum Gasteiger partial charge on any atom is -0.345 e. The van der Waals surface area contributed by atoms with E-state index in [1.165, 1.54) is 48.5 Å². The second kappa shape index (κ2) is 24.0. The van der Waals surface area contributed by atoms with Gasteiger partial charge in [-0.1, -0.05) is 0 Å². The number of carbonyl (C=O) groups is 4. The molecule has 0 unspecified atom stereocenters. The van der Waals surface area contributed by atoms with Crippen LogP contribution < -0.4 is 0 Å². The van der Waals surface area contributed by atoms with E-state index in [4.69, 9.17) is 0 Å². The molecule has 0 saturated carbocycles. The van der Waals surface area contributed by atoms with Crippen LogP contribution in [0.15, 0.2) is 85.2 Å². The van der Waals surface area contributed by atoms with Crippen molar-refractivity contribution in [3.63, 3.8) is 0 Å². The molecule has 4 aromatic heterocycles. The number of aryl methyl sites for hydroxylation is 4. The third-order valence-corrected chi connectivity index (χ3v) is 18.8. The van der Waals surface area contributed by atoms with Gasteiger partial charge in [0.2, 0.25) is 0 Å². The predicted octanol–water partition coefficient (Wildman–Crippen LogP) is 13.5. The number of alkyl halides is 12. The van der Waals surface area contributed by atoms with E-state index >= 15 is 0 Å². The average Bonchev–Trinajstić information content (AvgIpc) is 1.55. The molecule has 13 rings (SSSR count). The number of rotatable bonds is 11. The Balaban J connectivity index is 0.000000177. The number of hydrogen-bond donors (Lipinski definition) is 0. The Morgan fingerprint density at radius 1 is 0.359 bits per heavy atom. The van der Waals surface area contributed by atoms with Crippen molar-refractivity contribution in [1.29, 1.82) is 0 Å². The Labute approximate surface area is 513 Å². The summed E-state index contributed by atoms with van der Waals surface area (Å²) in [5.41, 5.74) is 5.49. The van der Waals surface area contributed by atoms with Gasteiger partial charge < -0.3 is 37.9 Å². The van der Waals surface area contributed by atoms with Crippen molar-refractivity contribution in [2.24, 2.45) is 0 Å². The summed E-state index contributed by atoms with van der Waals surface area (Å²) in [5, 5.41) is 2.42. The first-order valence-corrected chi connectivity index (χ1v) is 30.1. The predicted molar refractivity (Wildman–Crippen MR) is 305 cm³/mol. The molecule has 4 fully saturated rings. The Kier molecular flexibility index (Phi) is 16.7. The van der Waals surface area contributed by atoms with Crippen LogP contribution in [0.4, 0.5) is 70.2 Å². The van der Waals surface area contributed by atoms with E-state index in [-0.39, 0.29) is 65.0 Å². The highest BCUT2D eigenvalue weighted by Gasteiger charge is 2.50. The van der Waals surface area contributed by atoms with E-state index in [0.29, 0.717) is 142 Å². The van der Waals surface area contributed by atoms with Crippen LogP contribution in [0.5, 0.6) is 0 Å². The van der Waals surface area contributed by atoms with Crippen LogP contribution in [0.3, 0.4) is 0 Å². The zero-order valence-corrected chi connectivity index (χ0v) is 48.8. The second-order valence-electron chi connectivity index (χ2n) is 24.3. The summed E-state index contributed by atoms with van der Waals surface area (Å²) in [6, 6.07) is 13.5. The average molecular weight is 1310 g/mol. The van der Waals surface area contributed by atoms with Gasteiger partial charge in [0.15, 0.2) is 0 Å². The zero-order chi connectivity index (χ0) is 65.7. The quantitative estimate of drug-likeness (QED) is 0.120. The molecule has 4 aromatic carbocycles. The van der Waals surface area contributed by atoms with Gasteiger partial charge in [0.1, 0.15) is 23.3 Å². The lowest BCUT2D eigenvalue weighted by Gasteiger charge is -2.28. The summed E-state index contributed by atoms with van der Waals surface area (Å²) < 4.78 is 225. The Bertz CT molecular complexity index is 3950. The zero-order valence-electron chi connectivity index (χ0n) is 48.8. The third-order valence-electron chi connectivity index (χ3n) is 18.8. The fourth-order valence-electron chi connectivity index (χ4n) is 14.9. The van der Waals surface area contributed by atoms with Gasteiger partial charge in [-0.3, -0.25) is 19.2 Å². The highest BCUT2D eigenvalue weighted by Crippen LogP contribution is 2.46. The molecular weight excluding hydrogens is 1250 g/mol. The van der Waals surface area contributed by atoms with Crippen LogP contribution >= 0.6 is 0 Å². The molecule has 8 aromatic rings. The van der Waals surface area contributed by atoms with Gasteiger partial charge in [-0.25, -0.2) is 17.6 Å². The Hall–Kier alpha value is -8.20. The van der Waals surface area contributed by atoms with Gasteiger partial charge >= 0.3 is 48.3 Å². The molecule has 92 heavy (non-hydrogen) atoms. The Morgan fingerprint density at radius 2 is 0.630 bits per heavy atom. The molecule has 28 heteroatoms. The molecule has 0 bridgehead atoms. The minimum atomic E-state index is -5.06. The molecule has 4 amide bonds. The molecule has 490 valence electrons. The van der Waals surface area contributed by atoms with Crippen molar-refractivity contribution in [2.75, 3.05) is 26.2 Å². The van der Waals surface area contributed by atoms with E-state index in [9.17, 15) is 89.4 Å². The summed E-state index contributed by atoms with van der Waals surface area (Å²) in [6.45, 7) is 0.968. The van der Waals surface area contributed by atoms with E-state index in [1.807, 2.05) is 9.13 Å². The van der Waals surface area contributed by atoms with Crippen LogP contribution in [0.1, 0.15) is 73.6 Å². The fraction of sp³-hybridized carbons (Fsp3) is 0.438. The lowest BCUT2D eigenvalue weighted by atomic mass is 9.94. The molecule has 4 atom stereocenters. The maximum atomic E-state index is 14.6. The van der Waals surface area contributed by atoms with Gasteiger partial charge in [-0.05, 0) is 172 Å². The molecule has 9 heterocycles. The number of fused-ring (bicyclic) bond motifs is 9. The number of benzene rings is 4. The van der Waals surface area contributed by atoms with Gasteiger partial charge in [0.05, 0.1) is 33.5 Å². The van der Waals surface area contributed by atoms with Crippen molar-refractivity contribution in [3.05, 3.63) is 131 Å². The van der Waals surface area contributed by atoms with E-state index in [0.717, 1.165) is 19.6 Å². The van der Waals surface area contributed by atoms with E-state index < -0.39 is 95.8 Å². The molecular formula is C64H58F16N8O4. The van der Waals surface area contributed by atoms with Crippen molar-refractivity contribution in [3.8, 4) is 11.4 Å². The number of amides is 4. The lowest BCUT2D eigenvalue weighted by molar-refractivity contribution is -0.186. The van der Waals surface area contributed by atoms with Gasteiger partial charge in [-0.2, -0.15) is 52.7 Å². The highest BCUT2D eigenvalue weighted by atomic mass is 19.4. The first kappa shape index (κ1) is 63.9. The minimum absolute atomic E-state index is 0.00113. The number of carbonyl (C=O) groups excluding carboxylic acids is 4. The summed E-state index contributed by atoms with van der Waals surface area (Å²) in [6.07, 6.45) is -13.3. The van der Waals surface area contributed by atoms with Gasteiger partial charge in [0.25, 0.3) is 0 Å². The SMILES string of the molecule is O=C(N1CCC[C@H]1Cc1c2n(c3cc(F)ccc13)CCn1c-2c(C[C@@H]2CCCN2C(=O)C(F)(F)F)c2ccc(F)cc21)C(F)(F)F.O=C(N1CCC[C@H]1Cc1cn(CCn2cc(C[C@@H]3CCCN3C(=O)C(F)(F)F)c3ccc(F)cc32)c2cc(F)ccc12)C(F)(F)F. The number of likely N-dealkylation sites (tertiary alicyclic amines) is 4. The molecule has 0 N–H and O–H groups in total.